The molecule has 2 aromatic carbocycles. The molecule has 0 aliphatic rings. The van der Waals surface area contributed by atoms with Crippen LogP contribution >= 0.6 is 0 Å². The van der Waals surface area contributed by atoms with Crippen LogP contribution in [0.5, 0.6) is 0 Å². The van der Waals surface area contributed by atoms with E-state index in [1.54, 1.807) is 29.2 Å². The van der Waals surface area contributed by atoms with Gasteiger partial charge in [-0.2, -0.15) is 0 Å². The van der Waals surface area contributed by atoms with Crippen molar-refractivity contribution in [1.82, 2.24) is 4.90 Å². The molecule has 2 aromatic rings. The summed E-state index contributed by atoms with van der Waals surface area (Å²) in [6, 6.07) is 17.0. The predicted octanol–water partition coefficient (Wildman–Crippen LogP) is 4.45. The molecule has 0 spiro atoms. The zero-order chi connectivity index (χ0) is 22.5. The van der Waals surface area contributed by atoms with Crippen LogP contribution in [0.25, 0.3) is 0 Å². The van der Waals surface area contributed by atoms with E-state index < -0.39 is 0 Å². The molecule has 6 heteroatoms. The van der Waals surface area contributed by atoms with Gasteiger partial charge in [-0.15, -0.1) is 0 Å². The highest BCUT2D eigenvalue weighted by atomic mass is 16.5. The number of rotatable bonds is 12. The number of esters is 1. The van der Waals surface area contributed by atoms with Gasteiger partial charge < -0.3 is 15.0 Å². The first-order valence-corrected chi connectivity index (χ1v) is 10.9. The maximum absolute atomic E-state index is 12.4. The van der Waals surface area contributed by atoms with Crippen LogP contribution in [-0.4, -0.2) is 42.4 Å². The van der Waals surface area contributed by atoms with Crippen molar-refractivity contribution in [2.45, 2.75) is 46.0 Å². The Morgan fingerprint density at radius 3 is 2.35 bits per heavy atom. The van der Waals surface area contributed by atoms with Gasteiger partial charge in [-0.25, -0.2) is 0 Å². The Balaban J connectivity index is 1.67. The van der Waals surface area contributed by atoms with Crippen LogP contribution in [-0.2, 0) is 20.7 Å². The molecule has 1 N–H and O–H groups in total. The minimum Gasteiger partial charge on any atom is -0.466 e. The minimum atomic E-state index is -0.285. The molecular weight excluding hydrogens is 392 g/mol. The molecule has 0 fully saturated rings. The molecule has 166 valence electrons. The normalized spacial score (nSPS) is 10.4. The third-order valence-electron chi connectivity index (χ3n) is 4.94. The fraction of sp³-hybridized carbons (Fsp3) is 0.400. The zero-order valence-corrected chi connectivity index (χ0v) is 18.4. The van der Waals surface area contributed by atoms with E-state index in [2.05, 4.69) is 17.4 Å². The van der Waals surface area contributed by atoms with E-state index in [-0.39, 0.29) is 30.6 Å². The van der Waals surface area contributed by atoms with E-state index in [1.807, 2.05) is 32.0 Å². The summed E-state index contributed by atoms with van der Waals surface area (Å²) in [5.41, 5.74) is 2.34. The standard InChI is InChI=1S/C25H32N2O4/c1-3-27(4-2)25(30)21-14-8-15-22(19-21)26-23(28)16-9-17-24(29)31-18-10-13-20-11-6-5-7-12-20/h5-8,11-12,14-15,19H,3-4,9-10,13,16-18H2,1-2H3,(H,26,28). The largest absolute Gasteiger partial charge is 0.466 e. The number of aryl methyl sites for hydroxylation is 1. The van der Waals surface area contributed by atoms with Gasteiger partial charge in [0.1, 0.15) is 0 Å². The first-order valence-electron chi connectivity index (χ1n) is 10.9. The van der Waals surface area contributed by atoms with Gasteiger partial charge in [-0.1, -0.05) is 36.4 Å². The Morgan fingerprint density at radius 1 is 0.903 bits per heavy atom. The Morgan fingerprint density at radius 2 is 1.65 bits per heavy atom. The van der Waals surface area contributed by atoms with Gasteiger partial charge in [0, 0.05) is 37.2 Å². The van der Waals surface area contributed by atoms with Crippen molar-refractivity contribution in [2.75, 3.05) is 25.0 Å². The fourth-order valence-corrected chi connectivity index (χ4v) is 3.22. The van der Waals surface area contributed by atoms with Crippen molar-refractivity contribution in [2.24, 2.45) is 0 Å². The molecule has 2 rings (SSSR count). The summed E-state index contributed by atoms with van der Waals surface area (Å²) in [5.74, 6) is -0.534. The zero-order valence-electron chi connectivity index (χ0n) is 18.4. The molecule has 0 atom stereocenters. The number of benzene rings is 2. The molecule has 0 saturated carbocycles. The van der Waals surface area contributed by atoms with E-state index in [9.17, 15) is 14.4 Å². The number of carbonyl (C=O) groups excluding carboxylic acids is 3. The lowest BCUT2D eigenvalue weighted by Crippen LogP contribution is -2.30. The van der Waals surface area contributed by atoms with E-state index in [1.165, 1.54) is 5.56 Å². The Hall–Kier alpha value is -3.15. The van der Waals surface area contributed by atoms with Gasteiger partial charge >= 0.3 is 5.97 Å². The van der Waals surface area contributed by atoms with Gasteiger partial charge in [-0.3, -0.25) is 14.4 Å². The highest BCUT2D eigenvalue weighted by Gasteiger charge is 2.13. The molecule has 0 aliphatic heterocycles. The first kappa shape index (κ1) is 24.1. The number of nitrogens with zero attached hydrogens (tertiary/aromatic N) is 1. The fourth-order valence-electron chi connectivity index (χ4n) is 3.22. The van der Waals surface area contributed by atoms with Gasteiger partial charge in [0.05, 0.1) is 6.61 Å². The lowest BCUT2D eigenvalue weighted by Gasteiger charge is -2.19. The Kier molecular flexibility index (Phi) is 10.3. The molecule has 0 unspecified atom stereocenters. The highest BCUT2D eigenvalue weighted by Crippen LogP contribution is 2.14. The maximum Gasteiger partial charge on any atom is 0.305 e. The number of hydrogen-bond donors (Lipinski definition) is 1. The predicted molar refractivity (Wildman–Crippen MR) is 122 cm³/mol. The second kappa shape index (κ2) is 13.2. The first-order chi connectivity index (χ1) is 15.0. The van der Waals surface area contributed by atoms with Gasteiger partial charge in [0.15, 0.2) is 0 Å². The van der Waals surface area contributed by atoms with E-state index in [4.69, 9.17) is 4.74 Å². The molecule has 0 saturated heterocycles. The van der Waals surface area contributed by atoms with Crippen LogP contribution in [0.4, 0.5) is 5.69 Å². The molecule has 2 amide bonds. The van der Waals surface area contributed by atoms with Gasteiger partial charge in [0.25, 0.3) is 5.91 Å². The summed E-state index contributed by atoms with van der Waals surface area (Å²) in [7, 11) is 0. The molecule has 31 heavy (non-hydrogen) atoms. The quantitative estimate of drug-likeness (QED) is 0.403. The number of anilines is 1. The highest BCUT2D eigenvalue weighted by molar-refractivity contribution is 5.97. The summed E-state index contributed by atoms with van der Waals surface area (Å²) >= 11 is 0. The SMILES string of the molecule is CCN(CC)C(=O)c1cccc(NC(=O)CCCC(=O)OCCCc2ccccc2)c1. The third-order valence-corrected chi connectivity index (χ3v) is 4.94. The summed E-state index contributed by atoms with van der Waals surface area (Å²) in [6.45, 7) is 5.51. The van der Waals surface area contributed by atoms with Crippen LogP contribution in [0.2, 0.25) is 0 Å². The smallest absolute Gasteiger partial charge is 0.305 e. The van der Waals surface area contributed by atoms with Crippen LogP contribution in [0.15, 0.2) is 54.6 Å². The number of nitrogens with one attached hydrogen (secondary N) is 1. The minimum absolute atomic E-state index is 0.0592. The molecule has 0 aromatic heterocycles. The maximum atomic E-state index is 12.4. The monoisotopic (exact) mass is 424 g/mol. The second-order valence-electron chi connectivity index (χ2n) is 7.27. The lowest BCUT2D eigenvalue weighted by atomic mass is 10.1. The molecule has 0 bridgehead atoms. The van der Waals surface area contributed by atoms with Crippen molar-refractivity contribution in [3.63, 3.8) is 0 Å². The number of amides is 2. The van der Waals surface area contributed by atoms with Crippen LogP contribution in [0, 0.1) is 0 Å². The van der Waals surface area contributed by atoms with E-state index in [0.29, 0.717) is 37.4 Å². The van der Waals surface area contributed by atoms with Crippen molar-refractivity contribution in [3.8, 4) is 0 Å². The number of ether oxygens (including phenoxy) is 1. The molecular formula is C25H32N2O4. The van der Waals surface area contributed by atoms with Crippen molar-refractivity contribution >= 4 is 23.5 Å². The van der Waals surface area contributed by atoms with Crippen molar-refractivity contribution in [3.05, 3.63) is 65.7 Å². The summed E-state index contributed by atoms with van der Waals surface area (Å²) in [5, 5.41) is 2.79. The summed E-state index contributed by atoms with van der Waals surface area (Å²) in [6.07, 6.45) is 2.49. The molecule has 0 aliphatic carbocycles. The number of hydrogen-bond acceptors (Lipinski definition) is 4. The van der Waals surface area contributed by atoms with Crippen LogP contribution in [0.3, 0.4) is 0 Å². The van der Waals surface area contributed by atoms with Crippen molar-refractivity contribution in [1.29, 1.82) is 0 Å². The van der Waals surface area contributed by atoms with E-state index >= 15 is 0 Å². The molecule has 0 radical (unpaired) electrons. The van der Waals surface area contributed by atoms with Crippen LogP contribution < -0.4 is 5.32 Å². The topological polar surface area (TPSA) is 75.7 Å². The van der Waals surface area contributed by atoms with Crippen molar-refractivity contribution < 1.29 is 19.1 Å². The molecule has 0 heterocycles. The van der Waals surface area contributed by atoms with Gasteiger partial charge in [0.2, 0.25) is 5.91 Å². The summed E-state index contributed by atoms with van der Waals surface area (Å²) < 4.78 is 5.24. The van der Waals surface area contributed by atoms with Gasteiger partial charge in [-0.05, 0) is 56.9 Å². The molecule has 6 nitrogen and oxygen atoms in total. The third kappa shape index (κ3) is 8.62. The average Bonchev–Trinajstić information content (AvgIpc) is 2.78. The average molecular weight is 425 g/mol. The lowest BCUT2D eigenvalue weighted by molar-refractivity contribution is -0.143. The Bertz CT molecular complexity index is 848. The van der Waals surface area contributed by atoms with E-state index in [0.717, 1.165) is 12.8 Å². The number of carbonyl (C=O) groups is 3. The second-order valence-corrected chi connectivity index (χ2v) is 7.27. The van der Waals surface area contributed by atoms with Crippen LogP contribution in [0.1, 0.15) is 55.5 Å². The summed E-state index contributed by atoms with van der Waals surface area (Å²) in [4.78, 5) is 38.2. The Labute approximate surface area is 184 Å².